The summed E-state index contributed by atoms with van der Waals surface area (Å²) in [6.07, 6.45) is 2.43. The first kappa shape index (κ1) is 14.4. The lowest BCUT2D eigenvalue weighted by molar-refractivity contribution is 0.591. The number of sulfonamides is 1. The molecule has 0 aliphatic heterocycles. The molecule has 0 aliphatic rings. The van der Waals surface area contributed by atoms with E-state index in [2.05, 4.69) is 9.71 Å². The Balaban J connectivity index is 2.13. The summed E-state index contributed by atoms with van der Waals surface area (Å²) in [4.78, 5) is 4.11. The van der Waals surface area contributed by atoms with E-state index in [9.17, 15) is 8.42 Å². The summed E-state index contributed by atoms with van der Waals surface area (Å²) in [5, 5.41) is 0. The maximum absolute atomic E-state index is 12.1. The van der Waals surface area contributed by atoms with Gasteiger partial charge in [-0.2, -0.15) is 0 Å². The topological polar surface area (TPSA) is 68.3 Å². The predicted molar refractivity (Wildman–Crippen MR) is 79.7 cm³/mol. The fourth-order valence-electron chi connectivity index (χ4n) is 1.55. The summed E-state index contributed by atoms with van der Waals surface area (Å²) in [5.74, 6) is 0.947. The molecule has 20 heavy (non-hydrogen) atoms. The molecule has 1 aromatic heterocycles. The van der Waals surface area contributed by atoms with Gasteiger partial charge in [0.1, 0.15) is 5.82 Å². The maximum Gasteiger partial charge on any atom is 0.339 e. The van der Waals surface area contributed by atoms with E-state index in [-0.39, 0.29) is 4.90 Å². The van der Waals surface area contributed by atoms with E-state index >= 15 is 0 Å². The molecular weight excluding hydrogens is 275 g/mol. The first-order valence-corrected chi connectivity index (χ1v) is 7.77. The Morgan fingerprint density at radius 1 is 1.20 bits per heavy atom. The van der Waals surface area contributed by atoms with Crippen LogP contribution in [0.4, 0.5) is 5.82 Å². The summed E-state index contributed by atoms with van der Waals surface area (Å²) in [6, 6.07) is 11.3. The van der Waals surface area contributed by atoms with Crippen LogP contribution in [-0.4, -0.2) is 20.9 Å². The molecule has 0 aliphatic carbocycles. The quantitative estimate of drug-likeness (QED) is 0.827. The zero-order chi connectivity index (χ0) is 14.4. The number of aromatic nitrogens is 1. The Morgan fingerprint density at radius 3 is 2.55 bits per heavy atom. The van der Waals surface area contributed by atoms with Crippen LogP contribution in [0.3, 0.4) is 0 Å². The Labute approximate surface area is 119 Å². The summed E-state index contributed by atoms with van der Waals surface area (Å²) in [6.45, 7) is 2.01. The van der Waals surface area contributed by atoms with Gasteiger partial charge in [0.2, 0.25) is 0 Å². The second-order valence-electron chi connectivity index (χ2n) is 4.14. The molecule has 0 radical (unpaired) electrons. The third-order valence-electron chi connectivity index (χ3n) is 2.51. The van der Waals surface area contributed by atoms with Crippen molar-refractivity contribution in [2.75, 3.05) is 4.72 Å². The summed E-state index contributed by atoms with van der Waals surface area (Å²) in [7, 11) is -3.01. The van der Waals surface area contributed by atoms with Gasteiger partial charge < -0.3 is 4.65 Å². The maximum atomic E-state index is 12.1. The van der Waals surface area contributed by atoms with Crippen LogP contribution < -0.4 is 9.38 Å². The molecule has 0 unspecified atom stereocenters. The second kappa shape index (κ2) is 6.43. The van der Waals surface area contributed by atoms with Crippen molar-refractivity contribution < 1.29 is 13.1 Å². The van der Waals surface area contributed by atoms with Crippen molar-refractivity contribution in [1.82, 2.24) is 4.98 Å². The fraction of sp³-hybridized carbons (Fsp3) is 0.154. The zero-order valence-electron chi connectivity index (χ0n) is 11.1. The molecule has 1 heterocycles. The highest BCUT2D eigenvalue weighted by Crippen LogP contribution is 2.18. The van der Waals surface area contributed by atoms with Crippen LogP contribution in [0.25, 0.3) is 0 Å². The number of pyridine rings is 1. The second-order valence-corrected chi connectivity index (χ2v) is 5.82. The van der Waals surface area contributed by atoms with E-state index in [1.54, 1.807) is 30.3 Å². The van der Waals surface area contributed by atoms with Crippen LogP contribution in [0, 0.1) is 0 Å². The number of benzene rings is 1. The van der Waals surface area contributed by atoms with Crippen LogP contribution in [-0.2, 0) is 10.0 Å². The predicted octanol–water partition coefficient (Wildman–Crippen LogP) is 2.05. The van der Waals surface area contributed by atoms with Crippen molar-refractivity contribution >= 4 is 23.3 Å². The van der Waals surface area contributed by atoms with Gasteiger partial charge in [0.05, 0.1) is 10.6 Å². The SMILES string of the molecule is CCBOc1ccc(S(=O)(=O)Nc2ccccn2)cc1. The van der Waals surface area contributed by atoms with Gasteiger partial charge in [0, 0.05) is 6.20 Å². The average molecular weight is 290 g/mol. The van der Waals surface area contributed by atoms with Gasteiger partial charge in [-0.1, -0.05) is 13.0 Å². The van der Waals surface area contributed by atoms with E-state index in [0.29, 0.717) is 19.0 Å². The number of hydrogen-bond donors (Lipinski definition) is 1. The van der Waals surface area contributed by atoms with Crippen LogP contribution in [0.2, 0.25) is 6.32 Å². The lowest BCUT2D eigenvalue weighted by atomic mass is 9.97. The van der Waals surface area contributed by atoms with Crippen molar-refractivity contribution in [2.45, 2.75) is 18.1 Å². The molecule has 2 aromatic rings. The van der Waals surface area contributed by atoms with Gasteiger partial charge >= 0.3 is 7.48 Å². The van der Waals surface area contributed by atoms with Crippen LogP contribution in [0.1, 0.15) is 6.92 Å². The molecule has 1 N–H and O–H groups in total. The first-order chi connectivity index (χ1) is 9.62. The smallest absolute Gasteiger partial charge is 0.339 e. The lowest BCUT2D eigenvalue weighted by Gasteiger charge is -2.08. The molecule has 1 aromatic carbocycles. The largest absolute Gasteiger partial charge is 0.564 e. The van der Waals surface area contributed by atoms with Gasteiger partial charge in [-0.25, -0.2) is 13.4 Å². The first-order valence-electron chi connectivity index (χ1n) is 6.28. The van der Waals surface area contributed by atoms with E-state index in [4.69, 9.17) is 4.65 Å². The number of nitrogens with zero attached hydrogens (tertiary/aromatic N) is 1. The van der Waals surface area contributed by atoms with Crippen molar-refractivity contribution in [3.63, 3.8) is 0 Å². The van der Waals surface area contributed by atoms with Crippen molar-refractivity contribution in [2.24, 2.45) is 0 Å². The molecule has 0 saturated carbocycles. The average Bonchev–Trinajstić information content (AvgIpc) is 2.46. The monoisotopic (exact) mass is 290 g/mol. The molecule has 0 spiro atoms. The van der Waals surface area contributed by atoms with Gasteiger partial charge in [-0.3, -0.25) is 4.72 Å². The number of anilines is 1. The molecule has 104 valence electrons. The lowest BCUT2D eigenvalue weighted by Crippen LogP contribution is -2.13. The minimum absolute atomic E-state index is 0.173. The van der Waals surface area contributed by atoms with Crippen molar-refractivity contribution in [3.8, 4) is 5.75 Å². The number of rotatable bonds is 6. The van der Waals surface area contributed by atoms with Gasteiger partial charge in [0.15, 0.2) is 0 Å². The summed E-state index contributed by atoms with van der Waals surface area (Å²) in [5.41, 5.74) is 0. The van der Waals surface area contributed by atoms with E-state index in [1.165, 1.54) is 18.3 Å². The third-order valence-corrected chi connectivity index (χ3v) is 3.88. The van der Waals surface area contributed by atoms with E-state index in [1.807, 2.05) is 6.92 Å². The van der Waals surface area contributed by atoms with E-state index in [0.717, 1.165) is 6.32 Å². The minimum atomic E-state index is -3.62. The Morgan fingerprint density at radius 2 is 1.95 bits per heavy atom. The van der Waals surface area contributed by atoms with Crippen LogP contribution in [0.15, 0.2) is 53.6 Å². The van der Waals surface area contributed by atoms with Crippen LogP contribution >= 0.6 is 0 Å². The molecular formula is C13H15BN2O3S. The number of hydrogen-bond acceptors (Lipinski definition) is 4. The highest BCUT2D eigenvalue weighted by atomic mass is 32.2. The standard InChI is InChI=1S/C13H15BN2O3S/c1-2-14-19-11-6-8-12(9-7-11)20(17,18)16-13-5-3-4-10-15-13/h3-10,14H,2H2,1H3,(H,15,16). The van der Waals surface area contributed by atoms with Gasteiger partial charge in [0.25, 0.3) is 10.0 Å². The van der Waals surface area contributed by atoms with Gasteiger partial charge in [-0.05, 0) is 42.7 Å². The van der Waals surface area contributed by atoms with E-state index < -0.39 is 10.0 Å². The molecule has 5 nitrogen and oxygen atoms in total. The Bertz CT molecular complexity index is 645. The minimum Gasteiger partial charge on any atom is -0.564 e. The Kier molecular flexibility index (Phi) is 4.63. The highest BCUT2D eigenvalue weighted by Gasteiger charge is 2.14. The van der Waals surface area contributed by atoms with Gasteiger partial charge in [-0.15, -0.1) is 0 Å². The molecule has 0 atom stereocenters. The Hall–Kier alpha value is -2.02. The zero-order valence-corrected chi connectivity index (χ0v) is 11.9. The normalized spacial score (nSPS) is 10.8. The molecule has 0 saturated heterocycles. The number of nitrogens with one attached hydrogen (secondary N) is 1. The molecule has 0 bridgehead atoms. The summed E-state index contributed by atoms with van der Waals surface area (Å²) < 4.78 is 32.1. The fourth-order valence-corrected chi connectivity index (χ4v) is 2.56. The molecule has 2 rings (SSSR count). The third kappa shape index (κ3) is 3.74. The molecule has 7 heteroatoms. The molecule has 0 amide bonds. The van der Waals surface area contributed by atoms with Crippen molar-refractivity contribution in [3.05, 3.63) is 48.7 Å². The molecule has 0 fully saturated rings. The summed E-state index contributed by atoms with van der Waals surface area (Å²) >= 11 is 0. The van der Waals surface area contributed by atoms with Crippen LogP contribution in [0.5, 0.6) is 5.75 Å². The highest BCUT2D eigenvalue weighted by molar-refractivity contribution is 7.92. The van der Waals surface area contributed by atoms with Crippen molar-refractivity contribution in [1.29, 1.82) is 0 Å².